The quantitative estimate of drug-likeness (QED) is 0.438. The number of hydrogen-bond donors (Lipinski definition) is 3. The van der Waals surface area contributed by atoms with Gasteiger partial charge in [0.2, 0.25) is 0 Å². The molecule has 0 amide bonds. The predicted octanol–water partition coefficient (Wildman–Crippen LogP) is 2.13. The van der Waals surface area contributed by atoms with E-state index in [1.165, 1.54) is 24.3 Å². The third kappa shape index (κ3) is 4.62. The molecule has 3 rings (SSSR count). The van der Waals surface area contributed by atoms with Gasteiger partial charge in [0.15, 0.2) is 5.69 Å². The molecule has 0 heterocycles. The first-order valence-corrected chi connectivity index (χ1v) is 9.90. The van der Waals surface area contributed by atoms with Gasteiger partial charge in [-0.1, -0.05) is 48.0 Å². The molecule has 1 atom stereocenters. The summed E-state index contributed by atoms with van der Waals surface area (Å²) in [4.78, 5) is 2.38. The highest BCUT2D eigenvalue weighted by Crippen LogP contribution is 2.14. The summed E-state index contributed by atoms with van der Waals surface area (Å²) in [6, 6.07) is 21.6. The molecular weight excluding hydrogens is 378 g/mol. The minimum absolute atomic E-state index is 0.107. The molecule has 0 saturated heterocycles. The molecule has 1 unspecified atom stereocenters. The number of quaternary nitrogens is 1. The van der Waals surface area contributed by atoms with Gasteiger partial charge in [-0.05, 0) is 31.2 Å². The van der Waals surface area contributed by atoms with Crippen molar-refractivity contribution in [3.63, 3.8) is 0 Å². The van der Waals surface area contributed by atoms with Crippen molar-refractivity contribution in [3.05, 3.63) is 101 Å². The summed E-state index contributed by atoms with van der Waals surface area (Å²) in [6.45, 7) is 1.87. The van der Waals surface area contributed by atoms with E-state index in [9.17, 15) is 13.6 Å². The van der Waals surface area contributed by atoms with Crippen molar-refractivity contribution in [2.45, 2.75) is 11.8 Å². The van der Waals surface area contributed by atoms with E-state index in [1.54, 1.807) is 36.4 Å². The zero-order valence-electron chi connectivity index (χ0n) is 15.0. The van der Waals surface area contributed by atoms with Crippen molar-refractivity contribution in [1.82, 2.24) is 4.83 Å². The van der Waals surface area contributed by atoms with Gasteiger partial charge in [-0.2, -0.15) is 23.6 Å². The van der Waals surface area contributed by atoms with Gasteiger partial charge in [0.05, 0.1) is 10.6 Å². The second kappa shape index (κ2) is 8.32. The smallest absolute Gasteiger partial charge is 0.276 e. The molecule has 0 fully saturated rings. The second-order valence-electron chi connectivity index (χ2n) is 6.12. The van der Waals surface area contributed by atoms with Crippen LogP contribution in [0.25, 0.3) is 0 Å². The van der Waals surface area contributed by atoms with Crippen LogP contribution in [0, 0.1) is 12.1 Å². The van der Waals surface area contributed by atoms with Crippen LogP contribution in [0.4, 0.5) is 5.69 Å². The Bertz CT molecular complexity index is 1060. The summed E-state index contributed by atoms with van der Waals surface area (Å²) >= 11 is 0. The van der Waals surface area contributed by atoms with Gasteiger partial charge in [-0.25, -0.2) is 5.21 Å². The molecule has 0 radical (unpaired) electrons. The fourth-order valence-corrected chi connectivity index (χ4v) is 3.35. The molecular formula is C20H19N3O4S. The van der Waals surface area contributed by atoms with Crippen molar-refractivity contribution in [2.75, 3.05) is 0 Å². The summed E-state index contributed by atoms with van der Waals surface area (Å²) in [7, 11) is -3.84. The highest BCUT2D eigenvalue weighted by Gasteiger charge is 2.15. The van der Waals surface area contributed by atoms with Crippen molar-refractivity contribution in [3.8, 4) is 0 Å². The van der Waals surface area contributed by atoms with Gasteiger partial charge in [0.25, 0.3) is 10.0 Å². The van der Waals surface area contributed by atoms with Gasteiger partial charge < -0.3 is 5.21 Å². The average Bonchev–Trinajstić information content (AvgIpc) is 2.69. The minimum atomic E-state index is -3.84. The molecule has 8 heteroatoms. The minimum Gasteiger partial charge on any atom is -0.595 e. The Balaban J connectivity index is 1.98. The van der Waals surface area contributed by atoms with Crippen LogP contribution in [0.5, 0.6) is 0 Å². The van der Waals surface area contributed by atoms with E-state index in [2.05, 4.69) is 9.93 Å². The van der Waals surface area contributed by atoms with Crippen LogP contribution in [0.15, 0.2) is 88.9 Å². The maximum Gasteiger partial charge on any atom is 0.276 e. The maximum atomic E-state index is 12.6. The van der Waals surface area contributed by atoms with E-state index >= 15 is 0 Å². The zero-order valence-corrected chi connectivity index (χ0v) is 15.8. The van der Waals surface area contributed by atoms with E-state index in [0.29, 0.717) is 16.8 Å². The summed E-state index contributed by atoms with van der Waals surface area (Å²) in [6.07, 6.45) is 0. The largest absolute Gasteiger partial charge is 0.595 e. The zero-order chi connectivity index (χ0) is 20.1. The number of nitrogens with zero attached hydrogens (tertiary/aromatic N) is 1. The fourth-order valence-electron chi connectivity index (χ4n) is 2.54. The first-order chi connectivity index (χ1) is 13.4. The highest BCUT2D eigenvalue weighted by atomic mass is 32.2. The molecule has 0 bridgehead atoms. The number of benzene rings is 3. The van der Waals surface area contributed by atoms with Gasteiger partial charge in [-0.15, -0.1) is 0 Å². The third-order valence-electron chi connectivity index (χ3n) is 4.06. The molecule has 28 heavy (non-hydrogen) atoms. The lowest BCUT2D eigenvalue weighted by Gasteiger charge is -2.13. The standard InChI is InChI=1S/C20H19N3O4S/c1-15-7-13-19(14-8-15)28(26,27)22-21-20(16-5-3-2-4-6-16)17-9-11-18(12-10-17)23(24)25/h2-14,22-24H,1H3. The van der Waals surface area contributed by atoms with Crippen molar-refractivity contribution < 1.29 is 18.9 Å². The lowest BCUT2D eigenvalue weighted by atomic mass is 10.0. The Hall–Kier alpha value is -3.04. The van der Waals surface area contributed by atoms with E-state index in [4.69, 9.17) is 5.21 Å². The van der Waals surface area contributed by atoms with Crippen molar-refractivity contribution in [2.24, 2.45) is 5.10 Å². The predicted molar refractivity (Wildman–Crippen MR) is 106 cm³/mol. The molecule has 3 N–H and O–H groups in total. The lowest BCUT2D eigenvalue weighted by molar-refractivity contribution is -0.991. The van der Waals surface area contributed by atoms with Crippen molar-refractivity contribution >= 4 is 21.4 Å². The van der Waals surface area contributed by atoms with E-state index in [-0.39, 0.29) is 10.6 Å². The number of hydrazone groups is 1. The molecule has 0 aromatic heterocycles. The number of hydrogen-bond acceptors (Lipinski definition) is 5. The molecule has 0 aliphatic heterocycles. The van der Waals surface area contributed by atoms with Crippen LogP contribution in [-0.2, 0) is 10.0 Å². The number of aryl methyl sites for hydroxylation is 1. The summed E-state index contributed by atoms with van der Waals surface area (Å²) in [5, 5.41) is 23.2. The Morgan fingerprint density at radius 2 is 1.50 bits per heavy atom. The Morgan fingerprint density at radius 1 is 0.929 bits per heavy atom. The van der Waals surface area contributed by atoms with Gasteiger partial charge in [0.1, 0.15) is 0 Å². The highest BCUT2D eigenvalue weighted by molar-refractivity contribution is 7.89. The monoisotopic (exact) mass is 397 g/mol. The summed E-state index contributed by atoms with van der Waals surface area (Å²) in [5.41, 5.74) is 2.75. The third-order valence-corrected chi connectivity index (χ3v) is 5.29. The van der Waals surface area contributed by atoms with Gasteiger partial charge >= 0.3 is 0 Å². The lowest BCUT2D eigenvalue weighted by Crippen LogP contribution is -2.99. The Morgan fingerprint density at radius 3 is 2.07 bits per heavy atom. The fraction of sp³-hybridized carbons (Fsp3) is 0.0500. The molecule has 7 nitrogen and oxygen atoms in total. The maximum absolute atomic E-state index is 12.6. The molecule has 144 valence electrons. The summed E-state index contributed by atoms with van der Waals surface area (Å²) in [5.74, 6) is 0. The molecule has 0 aliphatic carbocycles. The Labute approximate surface area is 163 Å². The van der Waals surface area contributed by atoms with Gasteiger partial charge in [0, 0.05) is 23.3 Å². The van der Waals surface area contributed by atoms with Gasteiger partial charge in [-0.3, -0.25) is 0 Å². The first-order valence-electron chi connectivity index (χ1n) is 8.42. The number of nitrogens with one attached hydrogen (secondary N) is 2. The second-order valence-corrected chi connectivity index (χ2v) is 7.78. The topological polar surface area (TPSA) is 106 Å². The summed E-state index contributed by atoms with van der Waals surface area (Å²) < 4.78 is 25.1. The molecule has 0 aliphatic rings. The molecule has 3 aromatic rings. The first kappa shape index (κ1) is 19.7. The normalized spacial score (nSPS) is 13.2. The molecule has 0 spiro atoms. The van der Waals surface area contributed by atoms with Crippen molar-refractivity contribution in [1.29, 1.82) is 0 Å². The van der Waals surface area contributed by atoms with Crippen LogP contribution < -0.4 is 10.1 Å². The van der Waals surface area contributed by atoms with Crippen LogP contribution >= 0.6 is 0 Å². The average molecular weight is 397 g/mol. The van der Waals surface area contributed by atoms with Crippen LogP contribution in [0.2, 0.25) is 0 Å². The molecule has 0 saturated carbocycles. The van der Waals surface area contributed by atoms with E-state index in [0.717, 1.165) is 5.56 Å². The van der Waals surface area contributed by atoms with Crippen LogP contribution in [0.1, 0.15) is 16.7 Å². The van der Waals surface area contributed by atoms with E-state index < -0.39 is 15.2 Å². The van der Waals surface area contributed by atoms with Crippen LogP contribution in [0.3, 0.4) is 0 Å². The molecule has 3 aromatic carbocycles. The number of sulfonamides is 1. The van der Waals surface area contributed by atoms with E-state index in [1.807, 2.05) is 25.1 Å². The number of rotatable bonds is 6. The Kier molecular flexibility index (Phi) is 5.86. The van der Waals surface area contributed by atoms with Crippen LogP contribution in [-0.4, -0.2) is 19.3 Å². The SMILES string of the molecule is Cc1ccc(S(=O)(=O)NN=C(c2ccccc2)c2ccc([NH+]([O-])O)cc2)cc1.